The molecule has 0 amide bonds. The van der Waals surface area contributed by atoms with Crippen LogP contribution in [-0.2, 0) is 0 Å². The molecule has 20 heavy (non-hydrogen) atoms. The Morgan fingerprint density at radius 2 is 1.85 bits per heavy atom. The van der Waals surface area contributed by atoms with Gasteiger partial charge in [-0.1, -0.05) is 6.07 Å². The first-order valence-electron chi connectivity index (χ1n) is 6.33. The van der Waals surface area contributed by atoms with E-state index in [1.54, 1.807) is 0 Å². The standard InChI is InChI=1S/C14H19F2N3.HI/c1-14(2,3)19-13(17)18-11-7-8(11)12-9(15)5-4-6-10(12)16;/h4-6,8,11H,7H2,1-3H3,(H3,17,18,19);1H. The number of hydrogen-bond donors (Lipinski definition) is 2. The molecule has 1 fully saturated rings. The van der Waals surface area contributed by atoms with E-state index in [0.717, 1.165) is 0 Å². The molecule has 0 bridgehead atoms. The second-order valence-corrected chi connectivity index (χ2v) is 5.93. The van der Waals surface area contributed by atoms with Crippen LogP contribution in [0.1, 0.15) is 38.7 Å². The molecule has 1 saturated carbocycles. The summed E-state index contributed by atoms with van der Waals surface area (Å²) in [4.78, 5) is 4.26. The summed E-state index contributed by atoms with van der Waals surface area (Å²) in [6.45, 7) is 5.91. The Balaban J connectivity index is 0.00000200. The molecule has 0 radical (unpaired) electrons. The summed E-state index contributed by atoms with van der Waals surface area (Å²) in [5, 5.41) is 3.03. The lowest BCUT2D eigenvalue weighted by Gasteiger charge is -2.21. The van der Waals surface area contributed by atoms with Gasteiger partial charge in [0.2, 0.25) is 0 Å². The molecule has 0 saturated heterocycles. The molecule has 0 aliphatic heterocycles. The number of halogens is 3. The molecule has 2 rings (SSSR count). The third-order valence-corrected chi connectivity index (χ3v) is 2.94. The third-order valence-electron chi connectivity index (χ3n) is 2.94. The van der Waals surface area contributed by atoms with Crippen molar-refractivity contribution in [3.05, 3.63) is 35.4 Å². The number of benzene rings is 1. The van der Waals surface area contributed by atoms with E-state index in [0.29, 0.717) is 12.4 Å². The van der Waals surface area contributed by atoms with Crippen LogP contribution < -0.4 is 11.1 Å². The van der Waals surface area contributed by atoms with Crippen LogP contribution >= 0.6 is 24.0 Å². The van der Waals surface area contributed by atoms with Gasteiger partial charge >= 0.3 is 0 Å². The van der Waals surface area contributed by atoms with Gasteiger partial charge in [-0.25, -0.2) is 13.8 Å². The highest BCUT2D eigenvalue weighted by atomic mass is 127. The zero-order chi connectivity index (χ0) is 14.2. The maximum atomic E-state index is 13.6. The summed E-state index contributed by atoms with van der Waals surface area (Å²) >= 11 is 0. The lowest BCUT2D eigenvalue weighted by atomic mass is 10.1. The van der Waals surface area contributed by atoms with Crippen molar-refractivity contribution in [2.24, 2.45) is 10.7 Å². The van der Waals surface area contributed by atoms with Gasteiger partial charge in [0.15, 0.2) is 5.96 Å². The van der Waals surface area contributed by atoms with Gasteiger partial charge in [0.25, 0.3) is 0 Å². The maximum Gasteiger partial charge on any atom is 0.189 e. The van der Waals surface area contributed by atoms with Crippen molar-refractivity contribution in [1.29, 1.82) is 0 Å². The summed E-state index contributed by atoms with van der Waals surface area (Å²) in [6.07, 6.45) is 0.629. The Labute approximate surface area is 135 Å². The van der Waals surface area contributed by atoms with Gasteiger partial charge in [-0.2, -0.15) is 0 Å². The second kappa shape index (κ2) is 6.24. The van der Waals surface area contributed by atoms with Crippen molar-refractivity contribution in [2.75, 3.05) is 0 Å². The van der Waals surface area contributed by atoms with Gasteiger partial charge in [-0.15, -0.1) is 24.0 Å². The number of rotatable bonds is 2. The van der Waals surface area contributed by atoms with E-state index < -0.39 is 11.6 Å². The average Bonchev–Trinajstić information content (AvgIpc) is 2.93. The Kier molecular flexibility index (Phi) is 5.34. The Morgan fingerprint density at radius 3 is 2.35 bits per heavy atom. The van der Waals surface area contributed by atoms with Gasteiger partial charge in [0.05, 0.1) is 6.04 Å². The summed E-state index contributed by atoms with van der Waals surface area (Å²) in [5.74, 6) is -0.909. The predicted octanol–water partition coefficient (Wildman–Crippen LogP) is 3.14. The molecule has 0 spiro atoms. The SMILES string of the molecule is CC(C)(C)NC(N)=NC1CC1c1c(F)cccc1F.I. The van der Waals surface area contributed by atoms with Crippen LogP contribution in [0.25, 0.3) is 0 Å². The van der Waals surface area contributed by atoms with Gasteiger partial charge in [0.1, 0.15) is 11.6 Å². The molecule has 112 valence electrons. The molecule has 1 aromatic rings. The summed E-state index contributed by atoms with van der Waals surface area (Å²) in [6, 6.07) is 3.77. The minimum atomic E-state index is -0.509. The number of guanidine groups is 1. The van der Waals surface area contributed by atoms with E-state index in [1.807, 2.05) is 20.8 Å². The fourth-order valence-corrected chi connectivity index (χ4v) is 2.09. The minimum absolute atomic E-state index is 0. The summed E-state index contributed by atoms with van der Waals surface area (Å²) in [5.41, 5.74) is 5.71. The topological polar surface area (TPSA) is 50.4 Å². The molecule has 2 atom stereocenters. The molecular formula is C14H20F2IN3. The van der Waals surface area contributed by atoms with Gasteiger partial charge in [-0.3, -0.25) is 0 Å². The highest BCUT2D eigenvalue weighted by molar-refractivity contribution is 14.0. The van der Waals surface area contributed by atoms with Crippen LogP contribution in [0.5, 0.6) is 0 Å². The van der Waals surface area contributed by atoms with Crippen LogP contribution in [0.4, 0.5) is 8.78 Å². The number of hydrogen-bond acceptors (Lipinski definition) is 1. The van der Waals surface area contributed by atoms with E-state index in [1.165, 1.54) is 18.2 Å². The van der Waals surface area contributed by atoms with Gasteiger partial charge in [0, 0.05) is 17.0 Å². The van der Waals surface area contributed by atoms with Crippen molar-refractivity contribution in [3.63, 3.8) is 0 Å². The van der Waals surface area contributed by atoms with Crippen LogP contribution in [0, 0.1) is 11.6 Å². The largest absolute Gasteiger partial charge is 0.370 e. The van der Waals surface area contributed by atoms with E-state index in [4.69, 9.17) is 5.73 Å². The maximum absolute atomic E-state index is 13.6. The molecule has 3 N–H and O–H groups in total. The average molecular weight is 395 g/mol. The molecule has 1 aromatic carbocycles. The highest BCUT2D eigenvalue weighted by Crippen LogP contribution is 2.45. The predicted molar refractivity (Wildman–Crippen MR) is 87.4 cm³/mol. The fraction of sp³-hybridized carbons (Fsp3) is 0.500. The van der Waals surface area contributed by atoms with Crippen LogP contribution in [0.3, 0.4) is 0 Å². The first-order valence-corrected chi connectivity index (χ1v) is 6.33. The van der Waals surface area contributed by atoms with Gasteiger partial charge in [-0.05, 0) is 39.3 Å². The van der Waals surface area contributed by atoms with Crippen LogP contribution in [-0.4, -0.2) is 17.5 Å². The van der Waals surface area contributed by atoms with Crippen molar-refractivity contribution in [2.45, 2.75) is 44.7 Å². The number of nitrogens with one attached hydrogen (secondary N) is 1. The second-order valence-electron chi connectivity index (χ2n) is 5.93. The number of nitrogens with two attached hydrogens (primary N) is 1. The normalized spacial score (nSPS) is 22.1. The van der Waals surface area contributed by atoms with Crippen molar-refractivity contribution >= 4 is 29.9 Å². The quantitative estimate of drug-likeness (QED) is 0.459. The molecule has 2 unspecified atom stereocenters. The molecule has 1 aliphatic carbocycles. The van der Waals surface area contributed by atoms with E-state index in [2.05, 4.69) is 10.3 Å². The zero-order valence-electron chi connectivity index (χ0n) is 11.8. The third kappa shape index (κ3) is 4.29. The van der Waals surface area contributed by atoms with E-state index in [-0.39, 0.29) is 47.0 Å². The molecule has 0 heterocycles. The highest BCUT2D eigenvalue weighted by Gasteiger charge is 2.42. The van der Waals surface area contributed by atoms with Gasteiger partial charge < -0.3 is 11.1 Å². The van der Waals surface area contributed by atoms with Crippen molar-refractivity contribution in [1.82, 2.24) is 5.32 Å². The molecular weight excluding hydrogens is 375 g/mol. The smallest absolute Gasteiger partial charge is 0.189 e. The first kappa shape index (κ1) is 17.1. The summed E-state index contributed by atoms with van der Waals surface area (Å²) in [7, 11) is 0. The Morgan fingerprint density at radius 1 is 1.30 bits per heavy atom. The fourth-order valence-electron chi connectivity index (χ4n) is 2.09. The zero-order valence-corrected chi connectivity index (χ0v) is 14.1. The van der Waals surface area contributed by atoms with E-state index >= 15 is 0 Å². The Bertz CT molecular complexity index is 491. The number of nitrogens with zero attached hydrogens (tertiary/aromatic N) is 1. The molecule has 0 aromatic heterocycles. The monoisotopic (exact) mass is 395 g/mol. The summed E-state index contributed by atoms with van der Waals surface area (Å²) < 4.78 is 27.2. The molecule has 6 heteroatoms. The lowest BCUT2D eigenvalue weighted by molar-refractivity contribution is 0.507. The number of aliphatic imine (C=N–C) groups is 1. The van der Waals surface area contributed by atoms with Crippen molar-refractivity contribution < 1.29 is 8.78 Å². The molecule has 1 aliphatic rings. The minimum Gasteiger partial charge on any atom is -0.370 e. The Hall–Kier alpha value is -0.920. The van der Waals surface area contributed by atoms with Crippen LogP contribution in [0.15, 0.2) is 23.2 Å². The van der Waals surface area contributed by atoms with Crippen LogP contribution in [0.2, 0.25) is 0 Å². The first-order chi connectivity index (χ1) is 8.78. The van der Waals surface area contributed by atoms with E-state index in [9.17, 15) is 8.78 Å². The van der Waals surface area contributed by atoms with Crippen molar-refractivity contribution in [3.8, 4) is 0 Å². The lowest BCUT2D eigenvalue weighted by Crippen LogP contribution is -2.45. The molecule has 3 nitrogen and oxygen atoms in total.